The standard InChI is InChI=1S/C15H9ClF2OS/c16-10-7-12(18)11(17)6-9(10)15(19)14-5-8-3-1-2-4-13(8)20-14/h1-7,15,19H. The summed E-state index contributed by atoms with van der Waals surface area (Å²) in [7, 11) is 0. The minimum Gasteiger partial charge on any atom is -0.383 e. The highest BCUT2D eigenvalue weighted by Gasteiger charge is 2.19. The first-order chi connectivity index (χ1) is 9.56. The van der Waals surface area contributed by atoms with Crippen molar-refractivity contribution in [1.82, 2.24) is 0 Å². The van der Waals surface area contributed by atoms with Crippen LogP contribution in [0.2, 0.25) is 5.02 Å². The van der Waals surface area contributed by atoms with E-state index in [1.165, 1.54) is 11.3 Å². The van der Waals surface area contributed by atoms with E-state index in [1.807, 2.05) is 30.3 Å². The lowest BCUT2D eigenvalue weighted by Crippen LogP contribution is -2.00. The molecule has 20 heavy (non-hydrogen) atoms. The zero-order valence-electron chi connectivity index (χ0n) is 10.1. The summed E-state index contributed by atoms with van der Waals surface area (Å²) in [4.78, 5) is 0.638. The number of fused-ring (bicyclic) bond motifs is 1. The van der Waals surface area contributed by atoms with Gasteiger partial charge in [-0.05, 0) is 29.7 Å². The summed E-state index contributed by atoms with van der Waals surface area (Å²) in [6, 6.07) is 11.3. The van der Waals surface area contributed by atoms with E-state index in [-0.39, 0.29) is 10.6 Å². The summed E-state index contributed by atoms with van der Waals surface area (Å²) in [5.74, 6) is -2.05. The molecule has 5 heteroatoms. The highest BCUT2D eigenvalue weighted by Crippen LogP contribution is 2.36. The number of aliphatic hydroxyl groups is 1. The molecule has 0 aliphatic heterocycles. The number of hydrogen-bond acceptors (Lipinski definition) is 2. The summed E-state index contributed by atoms with van der Waals surface area (Å²) in [6.45, 7) is 0. The van der Waals surface area contributed by atoms with Crippen molar-refractivity contribution in [2.75, 3.05) is 0 Å². The van der Waals surface area contributed by atoms with E-state index in [2.05, 4.69) is 0 Å². The first kappa shape index (κ1) is 13.5. The third-order valence-electron chi connectivity index (χ3n) is 3.05. The Hall–Kier alpha value is -1.49. The first-order valence-electron chi connectivity index (χ1n) is 5.87. The maximum absolute atomic E-state index is 13.3. The Morgan fingerprint density at radius 3 is 2.50 bits per heavy atom. The van der Waals surface area contributed by atoms with E-state index < -0.39 is 17.7 Å². The molecule has 0 saturated heterocycles. The number of thiophene rings is 1. The Morgan fingerprint density at radius 1 is 1.05 bits per heavy atom. The van der Waals surface area contributed by atoms with Crippen LogP contribution in [0, 0.1) is 11.6 Å². The molecule has 3 aromatic rings. The van der Waals surface area contributed by atoms with Crippen molar-refractivity contribution in [2.45, 2.75) is 6.10 Å². The Kier molecular flexibility index (Phi) is 3.46. The van der Waals surface area contributed by atoms with Gasteiger partial charge in [-0.1, -0.05) is 29.8 Å². The summed E-state index contributed by atoms with van der Waals surface area (Å²) >= 11 is 7.28. The average Bonchev–Trinajstić information content (AvgIpc) is 2.86. The van der Waals surface area contributed by atoms with Crippen molar-refractivity contribution in [3.05, 3.63) is 69.6 Å². The van der Waals surface area contributed by atoms with Gasteiger partial charge in [-0.3, -0.25) is 0 Å². The van der Waals surface area contributed by atoms with Gasteiger partial charge in [-0.2, -0.15) is 0 Å². The van der Waals surface area contributed by atoms with Gasteiger partial charge in [-0.25, -0.2) is 8.78 Å². The fraction of sp³-hybridized carbons (Fsp3) is 0.0667. The lowest BCUT2D eigenvalue weighted by atomic mass is 10.1. The Balaban J connectivity index is 2.07. The second-order valence-electron chi connectivity index (χ2n) is 4.38. The molecule has 0 aliphatic rings. The molecule has 1 nitrogen and oxygen atoms in total. The molecular weight excluding hydrogens is 302 g/mol. The second kappa shape index (κ2) is 5.13. The van der Waals surface area contributed by atoms with Crippen LogP contribution in [0.4, 0.5) is 8.78 Å². The predicted octanol–water partition coefficient (Wildman–Crippen LogP) is 4.91. The summed E-state index contributed by atoms with van der Waals surface area (Å²) in [6.07, 6.45) is -1.07. The van der Waals surface area contributed by atoms with Crippen molar-refractivity contribution in [3.63, 3.8) is 0 Å². The van der Waals surface area contributed by atoms with Gasteiger partial charge in [0.15, 0.2) is 11.6 Å². The molecule has 102 valence electrons. The van der Waals surface area contributed by atoms with Gasteiger partial charge in [0.1, 0.15) is 6.10 Å². The van der Waals surface area contributed by atoms with E-state index in [1.54, 1.807) is 0 Å². The van der Waals surface area contributed by atoms with E-state index in [0.29, 0.717) is 4.88 Å². The Bertz CT molecular complexity index is 752. The molecular formula is C15H9ClF2OS. The Morgan fingerprint density at radius 2 is 1.75 bits per heavy atom. The zero-order chi connectivity index (χ0) is 14.3. The van der Waals surface area contributed by atoms with Gasteiger partial charge in [0.25, 0.3) is 0 Å². The van der Waals surface area contributed by atoms with Crippen molar-refractivity contribution in [3.8, 4) is 0 Å². The molecule has 1 heterocycles. The molecule has 0 spiro atoms. The van der Waals surface area contributed by atoms with Crippen LogP contribution in [-0.2, 0) is 0 Å². The van der Waals surface area contributed by atoms with E-state index in [4.69, 9.17) is 11.6 Å². The third-order valence-corrected chi connectivity index (χ3v) is 4.54. The van der Waals surface area contributed by atoms with Crippen molar-refractivity contribution < 1.29 is 13.9 Å². The molecule has 1 N–H and O–H groups in total. The van der Waals surface area contributed by atoms with Crippen LogP contribution in [0.1, 0.15) is 16.5 Å². The molecule has 1 aromatic heterocycles. The quantitative estimate of drug-likeness (QED) is 0.666. The largest absolute Gasteiger partial charge is 0.383 e. The van der Waals surface area contributed by atoms with Crippen LogP contribution < -0.4 is 0 Å². The molecule has 2 aromatic carbocycles. The van der Waals surface area contributed by atoms with Crippen LogP contribution in [0.5, 0.6) is 0 Å². The Labute approximate surface area is 123 Å². The summed E-state index contributed by atoms with van der Waals surface area (Å²) < 4.78 is 27.4. The zero-order valence-corrected chi connectivity index (χ0v) is 11.7. The number of halogens is 3. The van der Waals surface area contributed by atoms with Gasteiger partial charge in [0.2, 0.25) is 0 Å². The predicted molar refractivity (Wildman–Crippen MR) is 77.3 cm³/mol. The first-order valence-corrected chi connectivity index (χ1v) is 7.06. The summed E-state index contributed by atoms with van der Waals surface area (Å²) in [5.41, 5.74) is 0.164. The highest BCUT2D eigenvalue weighted by atomic mass is 35.5. The van der Waals surface area contributed by atoms with Crippen LogP contribution >= 0.6 is 22.9 Å². The SMILES string of the molecule is OC(c1cc2ccccc2s1)c1cc(F)c(F)cc1Cl. The molecule has 1 unspecified atom stereocenters. The minimum atomic E-state index is -1.07. The monoisotopic (exact) mass is 310 g/mol. The van der Waals surface area contributed by atoms with Crippen molar-refractivity contribution in [1.29, 1.82) is 0 Å². The molecule has 1 atom stereocenters. The van der Waals surface area contributed by atoms with Crippen molar-refractivity contribution in [2.24, 2.45) is 0 Å². The number of benzene rings is 2. The maximum Gasteiger partial charge on any atom is 0.160 e. The van der Waals surface area contributed by atoms with Crippen molar-refractivity contribution >= 4 is 33.0 Å². The fourth-order valence-corrected chi connectivity index (χ4v) is 3.36. The van der Waals surface area contributed by atoms with Gasteiger partial charge >= 0.3 is 0 Å². The lowest BCUT2D eigenvalue weighted by molar-refractivity contribution is 0.223. The molecule has 0 aliphatic carbocycles. The van der Waals surface area contributed by atoms with Gasteiger partial charge in [0, 0.05) is 20.2 Å². The minimum absolute atomic E-state index is 0.00820. The average molecular weight is 311 g/mol. The van der Waals surface area contributed by atoms with E-state index in [0.717, 1.165) is 22.2 Å². The smallest absolute Gasteiger partial charge is 0.160 e. The molecule has 0 radical (unpaired) electrons. The second-order valence-corrected chi connectivity index (χ2v) is 5.90. The normalized spacial score (nSPS) is 12.8. The topological polar surface area (TPSA) is 20.2 Å². The molecule has 0 fully saturated rings. The number of aliphatic hydroxyl groups excluding tert-OH is 1. The number of hydrogen-bond donors (Lipinski definition) is 1. The van der Waals surface area contributed by atoms with Gasteiger partial charge < -0.3 is 5.11 Å². The molecule has 0 saturated carbocycles. The molecule has 0 bridgehead atoms. The summed E-state index contributed by atoms with van der Waals surface area (Å²) in [5, 5.41) is 11.3. The maximum atomic E-state index is 13.3. The van der Waals surface area contributed by atoms with Crippen LogP contribution in [0.25, 0.3) is 10.1 Å². The van der Waals surface area contributed by atoms with Gasteiger partial charge in [0.05, 0.1) is 0 Å². The molecule has 0 amide bonds. The van der Waals surface area contributed by atoms with Crippen LogP contribution in [0.15, 0.2) is 42.5 Å². The van der Waals surface area contributed by atoms with E-state index in [9.17, 15) is 13.9 Å². The molecule has 3 rings (SSSR count). The lowest BCUT2D eigenvalue weighted by Gasteiger charge is -2.11. The van der Waals surface area contributed by atoms with Crippen LogP contribution in [-0.4, -0.2) is 5.11 Å². The highest BCUT2D eigenvalue weighted by molar-refractivity contribution is 7.19. The fourth-order valence-electron chi connectivity index (χ4n) is 2.04. The van der Waals surface area contributed by atoms with Crippen LogP contribution in [0.3, 0.4) is 0 Å². The third kappa shape index (κ3) is 2.30. The van der Waals surface area contributed by atoms with Gasteiger partial charge in [-0.15, -0.1) is 11.3 Å². The number of rotatable bonds is 2. The van der Waals surface area contributed by atoms with E-state index >= 15 is 0 Å².